The van der Waals surface area contributed by atoms with E-state index in [9.17, 15) is 0 Å². The minimum atomic E-state index is 0.817. The van der Waals surface area contributed by atoms with Gasteiger partial charge < -0.3 is 5.32 Å². The SMILES string of the molecule is CCC(CC1CC1)NC1CCCCCCC1. The summed E-state index contributed by atoms with van der Waals surface area (Å²) >= 11 is 0. The first-order valence-electron chi connectivity index (χ1n) is 7.64. The van der Waals surface area contributed by atoms with Crippen LogP contribution in [0.1, 0.15) is 77.6 Å². The average molecular weight is 223 g/mol. The summed E-state index contributed by atoms with van der Waals surface area (Å²) in [4.78, 5) is 0. The largest absolute Gasteiger partial charge is 0.311 e. The summed E-state index contributed by atoms with van der Waals surface area (Å²) in [6.07, 6.45) is 16.0. The van der Waals surface area contributed by atoms with Crippen molar-refractivity contribution in [3.63, 3.8) is 0 Å². The molecule has 2 aliphatic carbocycles. The van der Waals surface area contributed by atoms with E-state index < -0.39 is 0 Å². The molecular formula is C15H29N. The molecule has 1 heteroatoms. The van der Waals surface area contributed by atoms with Crippen molar-refractivity contribution in [2.45, 2.75) is 89.6 Å². The molecule has 1 unspecified atom stereocenters. The highest BCUT2D eigenvalue weighted by Gasteiger charge is 2.25. The fourth-order valence-electron chi connectivity index (χ4n) is 3.06. The van der Waals surface area contributed by atoms with Gasteiger partial charge in [0.25, 0.3) is 0 Å². The van der Waals surface area contributed by atoms with E-state index in [1.165, 1.54) is 70.6 Å². The second-order valence-electron chi connectivity index (χ2n) is 5.99. The van der Waals surface area contributed by atoms with Crippen LogP contribution in [0.5, 0.6) is 0 Å². The zero-order chi connectivity index (χ0) is 11.2. The van der Waals surface area contributed by atoms with Crippen molar-refractivity contribution in [2.24, 2.45) is 5.92 Å². The van der Waals surface area contributed by atoms with E-state index in [0.717, 1.165) is 18.0 Å². The van der Waals surface area contributed by atoms with Crippen LogP contribution in [0.25, 0.3) is 0 Å². The molecule has 16 heavy (non-hydrogen) atoms. The van der Waals surface area contributed by atoms with E-state index in [2.05, 4.69) is 12.2 Å². The van der Waals surface area contributed by atoms with Crippen LogP contribution < -0.4 is 5.32 Å². The third-order valence-electron chi connectivity index (χ3n) is 4.38. The van der Waals surface area contributed by atoms with Gasteiger partial charge in [0.2, 0.25) is 0 Å². The Bertz CT molecular complexity index is 178. The van der Waals surface area contributed by atoms with Crippen LogP contribution in [0.15, 0.2) is 0 Å². The molecule has 2 rings (SSSR count). The molecule has 0 radical (unpaired) electrons. The highest BCUT2D eigenvalue weighted by atomic mass is 14.9. The van der Waals surface area contributed by atoms with Crippen LogP contribution in [-0.2, 0) is 0 Å². The summed E-state index contributed by atoms with van der Waals surface area (Å²) in [6.45, 7) is 2.35. The normalized spacial score (nSPS) is 26.1. The molecule has 1 nitrogen and oxygen atoms in total. The Morgan fingerprint density at radius 3 is 2.12 bits per heavy atom. The van der Waals surface area contributed by atoms with E-state index in [1.807, 2.05) is 0 Å². The second-order valence-corrected chi connectivity index (χ2v) is 5.99. The topological polar surface area (TPSA) is 12.0 Å². The summed E-state index contributed by atoms with van der Waals surface area (Å²) in [5.41, 5.74) is 0. The Morgan fingerprint density at radius 2 is 1.56 bits per heavy atom. The summed E-state index contributed by atoms with van der Waals surface area (Å²) in [6, 6.07) is 1.65. The van der Waals surface area contributed by atoms with E-state index in [-0.39, 0.29) is 0 Å². The molecule has 0 bridgehead atoms. The molecule has 2 aliphatic rings. The average Bonchev–Trinajstić information content (AvgIpc) is 3.04. The van der Waals surface area contributed by atoms with Crippen molar-refractivity contribution in [3.05, 3.63) is 0 Å². The molecule has 0 aliphatic heterocycles. The zero-order valence-electron chi connectivity index (χ0n) is 11.0. The Balaban J connectivity index is 1.70. The van der Waals surface area contributed by atoms with Gasteiger partial charge in [-0.05, 0) is 31.6 Å². The Morgan fingerprint density at radius 1 is 0.938 bits per heavy atom. The summed E-state index contributed by atoms with van der Waals surface area (Å²) in [5, 5.41) is 3.94. The molecule has 0 amide bonds. The molecule has 2 fully saturated rings. The second kappa shape index (κ2) is 6.64. The Hall–Kier alpha value is -0.0400. The zero-order valence-corrected chi connectivity index (χ0v) is 11.0. The lowest BCUT2D eigenvalue weighted by molar-refractivity contribution is 0.329. The maximum atomic E-state index is 3.94. The van der Waals surface area contributed by atoms with Gasteiger partial charge in [0.05, 0.1) is 0 Å². The van der Waals surface area contributed by atoms with Gasteiger partial charge in [0.1, 0.15) is 0 Å². The molecule has 0 spiro atoms. The Kier molecular flexibility index (Phi) is 5.15. The maximum absolute atomic E-state index is 3.94. The van der Waals surface area contributed by atoms with Gasteiger partial charge in [-0.1, -0.05) is 51.9 Å². The lowest BCUT2D eigenvalue weighted by Crippen LogP contribution is -2.38. The van der Waals surface area contributed by atoms with Gasteiger partial charge in [0.15, 0.2) is 0 Å². The monoisotopic (exact) mass is 223 g/mol. The van der Waals surface area contributed by atoms with E-state index >= 15 is 0 Å². The predicted octanol–water partition coefficient (Wildman–Crippen LogP) is 4.27. The van der Waals surface area contributed by atoms with Gasteiger partial charge in [-0.2, -0.15) is 0 Å². The third kappa shape index (κ3) is 4.45. The van der Waals surface area contributed by atoms with Crippen LogP contribution in [0, 0.1) is 5.92 Å². The van der Waals surface area contributed by atoms with Crippen LogP contribution in [0.2, 0.25) is 0 Å². The highest BCUT2D eigenvalue weighted by Crippen LogP contribution is 2.34. The van der Waals surface area contributed by atoms with E-state index in [1.54, 1.807) is 0 Å². The first-order valence-corrected chi connectivity index (χ1v) is 7.64. The molecule has 94 valence electrons. The highest BCUT2D eigenvalue weighted by molar-refractivity contribution is 4.82. The number of hydrogen-bond donors (Lipinski definition) is 1. The molecule has 0 saturated heterocycles. The van der Waals surface area contributed by atoms with Crippen molar-refractivity contribution in [1.29, 1.82) is 0 Å². The first-order chi connectivity index (χ1) is 7.88. The molecule has 2 saturated carbocycles. The van der Waals surface area contributed by atoms with Gasteiger partial charge >= 0.3 is 0 Å². The molecule has 1 atom stereocenters. The van der Waals surface area contributed by atoms with E-state index in [4.69, 9.17) is 0 Å². The van der Waals surface area contributed by atoms with Gasteiger partial charge in [-0.25, -0.2) is 0 Å². The summed E-state index contributed by atoms with van der Waals surface area (Å²) in [5.74, 6) is 1.08. The minimum Gasteiger partial charge on any atom is -0.311 e. The molecule has 0 heterocycles. The van der Waals surface area contributed by atoms with Crippen molar-refractivity contribution in [1.82, 2.24) is 5.32 Å². The number of hydrogen-bond acceptors (Lipinski definition) is 1. The Labute approximate surface area is 101 Å². The fourth-order valence-corrected chi connectivity index (χ4v) is 3.06. The quantitative estimate of drug-likeness (QED) is 0.734. The molecule has 0 aromatic carbocycles. The lowest BCUT2D eigenvalue weighted by atomic mass is 9.95. The van der Waals surface area contributed by atoms with Crippen LogP contribution in [0.3, 0.4) is 0 Å². The van der Waals surface area contributed by atoms with Crippen LogP contribution in [-0.4, -0.2) is 12.1 Å². The molecule has 0 aromatic rings. The van der Waals surface area contributed by atoms with Crippen molar-refractivity contribution in [3.8, 4) is 0 Å². The van der Waals surface area contributed by atoms with Crippen molar-refractivity contribution in [2.75, 3.05) is 0 Å². The standard InChI is InChI=1S/C15H29N/c1-2-14(12-13-10-11-13)16-15-8-6-4-3-5-7-9-15/h13-16H,2-12H2,1H3. The summed E-state index contributed by atoms with van der Waals surface area (Å²) < 4.78 is 0. The van der Waals surface area contributed by atoms with Gasteiger partial charge in [0, 0.05) is 12.1 Å². The minimum absolute atomic E-state index is 0.817. The van der Waals surface area contributed by atoms with Crippen molar-refractivity contribution >= 4 is 0 Å². The number of nitrogens with one attached hydrogen (secondary N) is 1. The van der Waals surface area contributed by atoms with Gasteiger partial charge in [-0.3, -0.25) is 0 Å². The molecule has 0 aromatic heterocycles. The van der Waals surface area contributed by atoms with E-state index in [0.29, 0.717) is 0 Å². The van der Waals surface area contributed by atoms with Crippen molar-refractivity contribution < 1.29 is 0 Å². The third-order valence-corrected chi connectivity index (χ3v) is 4.38. The predicted molar refractivity (Wildman–Crippen MR) is 70.7 cm³/mol. The van der Waals surface area contributed by atoms with Gasteiger partial charge in [-0.15, -0.1) is 0 Å². The van der Waals surface area contributed by atoms with Crippen LogP contribution in [0.4, 0.5) is 0 Å². The number of rotatable bonds is 5. The summed E-state index contributed by atoms with van der Waals surface area (Å²) in [7, 11) is 0. The first kappa shape index (κ1) is 12.4. The smallest absolute Gasteiger partial charge is 0.00696 e. The lowest BCUT2D eigenvalue weighted by Gasteiger charge is -2.26. The maximum Gasteiger partial charge on any atom is 0.00696 e. The molecule has 1 N–H and O–H groups in total. The molecular weight excluding hydrogens is 194 g/mol. The van der Waals surface area contributed by atoms with Crippen LogP contribution >= 0.6 is 0 Å². The fraction of sp³-hybridized carbons (Fsp3) is 1.00.